The summed E-state index contributed by atoms with van der Waals surface area (Å²) in [5.41, 5.74) is 2.34. The molecule has 2 aliphatic rings. The summed E-state index contributed by atoms with van der Waals surface area (Å²) in [5.74, 6) is 0.727. The summed E-state index contributed by atoms with van der Waals surface area (Å²) in [6.07, 6.45) is 5.54. The van der Waals surface area contributed by atoms with E-state index in [1.807, 2.05) is 48.7 Å². The van der Waals surface area contributed by atoms with Gasteiger partial charge in [0.2, 0.25) is 5.91 Å². The number of nitrogens with zero attached hydrogens (tertiary/aromatic N) is 2. The number of carbonyl (C=O) groups excluding carboxylic acids is 2. The highest BCUT2D eigenvalue weighted by atomic mass is 16.3. The maximum absolute atomic E-state index is 13.8. The lowest BCUT2D eigenvalue weighted by molar-refractivity contribution is -0.133. The molecule has 1 aromatic carbocycles. The second kappa shape index (κ2) is 8.40. The average Bonchev–Trinajstić information content (AvgIpc) is 3.34. The largest absolute Gasteiger partial charge is 0.460 e. The lowest BCUT2D eigenvalue weighted by Crippen LogP contribution is -2.65. The molecular weight excluding hydrogens is 414 g/mol. The third kappa shape index (κ3) is 3.85. The molecular formula is C27H33N3O3. The molecule has 6 nitrogen and oxygen atoms in total. The van der Waals surface area contributed by atoms with Crippen LogP contribution in [-0.4, -0.2) is 39.4 Å². The standard InChI is InChI=1S/C27H33N3O3/c1-18(20-10-6-4-7-11-20)16-30-25(31)23-15-24-22(14-19(2)33-24)29(23)17-27(30,3)26(32)28-21-12-8-5-9-13-21/h4,6-7,10-11,14-15,18,21H,5,8-9,12-13,16-17H2,1-3H3,(H,28,32). The molecule has 2 unspecified atom stereocenters. The molecule has 2 aromatic heterocycles. The Morgan fingerprint density at radius 2 is 1.91 bits per heavy atom. The molecule has 1 fully saturated rings. The summed E-state index contributed by atoms with van der Waals surface area (Å²) in [6.45, 7) is 6.83. The topological polar surface area (TPSA) is 67.5 Å². The van der Waals surface area contributed by atoms with Crippen LogP contribution in [0.5, 0.6) is 0 Å². The van der Waals surface area contributed by atoms with Crippen molar-refractivity contribution in [3.63, 3.8) is 0 Å². The van der Waals surface area contributed by atoms with E-state index in [2.05, 4.69) is 24.4 Å². The number of hydrogen-bond acceptors (Lipinski definition) is 3. The number of furan rings is 1. The zero-order chi connectivity index (χ0) is 23.2. The highest BCUT2D eigenvalue weighted by Gasteiger charge is 2.48. The predicted molar refractivity (Wildman–Crippen MR) is 128 cm³/mol. The van der Waals surface area contributed by atoms with Crippen molar-refractivity contribution >= 4 is 22.9 Å². The minimum Gasteiger partial charge on any atom is -0.460 e. The van der Waals surface area contributed by atoms with E-state index >= 15 is 0 Å². The number of fused-ring (bicyclic) bond motifs is 3. The molecule has 0 bridgehead atoms. The van der Waals surface area contributed by atoms with Crippen LogP contribution in [0.4, 0.5) is 0 Å². The number of aromatic nitrogens is 1. The van der Waals surface area contributed by atoms with Crippen LogP contribution in [0.1, 0.15) is 73.7 Å². The summed E-state index contributed by atoms with van der Waals surface area (Å²) in [5, 5.41) is 3.30. The number of carbonyl (C=O) groups is 2. The molecule has 33 heavy (non-hydrogen) atoms. The fourth-order valence-electron chi connectivity index (χ4n) is 5.50. The fourth-order valence-corrected chi connectivity index (χ4v) is 5.50. The van der Waals surface area contributed by atoms with Gasteiger partial charge in [-0.1, -0.05) is 56.5 Å². The third-order valence-electron chi connectivity index (χ3n) is 7.49. The van der Waals surface area contributed by atoms with Gasteiger partial charge in [0, 0.05) is 24.7 Å². The number of hydrogen-bond donors (Lipinski definition) is 1. The second-order valence-corrected chi connectivity index (χ2v) is 10.0. The highest BCUT2D eigenvalue weighted by molar-refractivity contribution is 6.03. The molecule has 3 heterocycles. The van der Waals surface area contributed by atoms with Crippen molar-refractivity contribution in [2.24, 2.45) is 0 Å². The van der Waals surface area contributed by atoms with Gasteiger partial charge in [-0.05, 0) is 38.2 Å². The normalized spacial score (nSPS) is 22.4. The van der Waals surface area contributed by atoms with E-state index < -0.39 is 5.54 Å². The Balaban J connectivity index is 1.51. The second-order valence-electron chi connectivity index (χ2n) is 10.0. The van der Waals surface area contributed by atoms with Crippen LogP contribution in [0.25, 0.3) is 11.1 Å². The van der Waals surface area contributed by atoms with Crippen LogP contribution in [0.2, 0.25) is 0 Å². The van der Waals surface area contributed by atoms with Crippen LogP contribution in [0.15, 0.2) is 46.9 Å². The number of rotatable bonds is 5. The van der Waals surface area contributed by atoms with Crippen molar-refractivity contribution in [1.82, 2.24) is 14.8 Å². The highest BCUT2D eigenvalue weighted by Crippen LogP contribution is 2.35. The van der Waals surface area contributed by atoms with Gasteiger partial charge in [-0.25, -0.2) is 0 Å². The first-order chi connectivity index (χ1) is 15.9. The van der Waals surface area contributed by atoms with Gasteiger partial charge in [0.05, 0.1) is 12.1 Å². The molecule has 174 valence electrons. The quantitative estimate of drug-likeness (QED) is 0.598. The summed E-state index contributed by atoms with van der Waals surface area (Å²) in [4.78, 5) is 29.4. The Kier molecular flexibility index (Phi) is 5.55. The van der Waals surface area contributed by atoms with Gasteiger partial charge in [0.15, 0.2) is 5.58 Å². The van der Waals surface area contributed by atoms with Crippen molar-refractivity contribution in [3.8, 4) is 0 Å². The van der Waals surface area contributed by atoms with E-state index in [4.69, 9.17) is 4.42 Å². The van der Waals surface area contributed by atoms with Crippen molar-refractivity contribution < 1.29 is 14.0 Å². The molecule has 2 atom stereocenters. The first kappa shape index (κ1) is 21.8. The van der Waals surface area contributed by atoms with Crippen molar-refractivity contribution in [1.29, 1.82) is 0 Å². The summed E-state index contributed by atoms with van der Waals surface area (Å²) >= 11 is 0. The smallest absolute Gasteiger partial charge is 0.271 e. The molecule has 3 aromatic rings. The number of aryl methyl sites for hydroxylation is 1. The zero-order valence-corrected chi connectivity index (χ0v) is 19.8. The van der Waals surface area contributed by atoms with Crippen molar-refractivity contribution in [2.45, 2.75) is 76.9 Å². The van der Waals surface area contributed by atoms with Gasteiger partial charge in [-0.3, -0.25) is 9.59 Å². The zero-order valence-electron chi connectivity index (χ0n) is 19.8. The van der Waals surface area contributed by atoms with Gasteiger partial charge in [0.1, 0.15) is 17.0 Å². The summed E-state index contributed by atoms with van der Waals surface area (Å²) in [7, 11) is 0. The Morgan fingerprint density at radius 1 is 1.18 bits per heavy atom. The number of nitrogens with one attached hydrogen (secondary N) is 1. The molecule has 0 radical (unpaired) electrons. The van der Waals surface area contributed by atoms with E-state index in [9.17, 15) is 9.59 Å². The first-order valence-electron chi connectivity index (χ1n) is 12.1. The van der Waals surface area contributed by atoms with Crippen molar-refractivity contribution in [3.05, 3.63) is 59.5 Å². The van der Waals surface area contributed by atoms with E-state index in [0.717, 1.165) is 42.5 Å². The van der Waals surface area contributed by atoms with E-state index in [1.54, 1.807) is 4.90 Å². The lowest BCUT2D eigenvalue weighted by Gasteiger charge is -2.45. The van der Waals surface area contributed by atoms with Gasteiger partial charge < -0.3 is 19.2 Å². The van der Waals surface area contributed by atoms with Crippen LogP contribution >= 0.6 is 0 Å². The van der Waals surface area contributed by atoms with Crippen LogP contribution in [0.3, 0.4) is 0 Å². The molecule has 1 N–H and O–H groups in total. The molecule has 1 saturated carbocycles. The molecule has 2 amide bonds. The number of benzene rings is 1. The molecule has 1 aliphatic carbocycles. The third-order valence-corrected chi connectivity index (χ3v) is 7.49. The van der Waals surface area contributed by atoms with Crippen LogP contribution in [0, 0.1) is 6.92 Å². The van der Waals surface area contributed by atoms with Gasteiger partial charge in [-0.15, -0.1) is 0 Å². The van der Waals surface area contributed by atoms with Gasteiger partial charge >= 0.3 is 0 Å². The van der Waals surface area contributed by atoms with E-state index in [-0.39, 0.29) is 23.8 Å². The van der Waals surface area contributed by atoms with Gasteiger partial charge in [-0.2, -0.15) is 0 Å². The average molecular weight is 448 g/mol. The van der Waals surface area contributed by atoms with E-state index in [1.165, 1.54) is 6.42 Å². The first-order valence-corrected chi connectivity index (χ1v) is 12.1. The lowest BCUT2D eigenvalue weighted by atomic mass is 9.89. The van der Waals surface area contributed by atoms with Crippen molar-refractivity contribution in [2.75, 3.05) is 6.54 Å². The number of amides is 2. The SMILES string of the molecule is Cc1cc2c(cc3n2CC(C)(C(=O)NC2CCCCC2)N(CC(C)c2ccccc2)C3=O)o1. The maximum Gasteiger partial charge on any atom is 0.271 e. The fraction of sp³-hybridized carbons (Fsp3) is 0.481. The molecule has 6 heteroatoms. The van der Waals surface area contributed by atoms with Crippen LogP contribution < -0.4 is 5.32 Å². The minimum atomic E-state index is -0.984. The molecule has 0 saturated heterocycles. The molecule has 5 rings (SSSR count). The van der Waals surface area contributed by atoms with Crippen LogP contribution in [-0.2, 0) is 11.3 Å². The summed E-state index contributed by atoms with van der Waals surface area (Å²) in [6, 6.07) is 14.1. The maximum atomic E-state index is 13.8. The molecule has 0 spiro atoms. The van der Waals surface area contributed by atoms with E-state index in [0.29, 0.717) is 24.4 Å². The Bertz CT molecular complexity index is 1170. The van der Waals surface area contributed by atoms with Gasteiger partial charge in [0.25, 0.3) is 5.91 Å². The Morgan fingerprint density at radius 3 is 2.64 bits per heavy atom. The Labute approximate surface area is 194 Å². The summed E-state index contributed by atoms with van der Waals surface area (Å²) < 4.78 is 7.78. The minimum absolute atomic E-state index is 0.0595. The molecule has 1 aliphatic heterocycles. The predicted octanol–water partition coefficient (Wildman–Crippen LogP) is 5.01. The Hall–Kier alpha value is -3.02. The monoisotopic (exact) mass is 447 g/mol.